The van der Waals surface area contributed by atoms with Gasteiger partial charge >= 0.3 is 0 Å². The summed E-state index contributed by atoms with van der Waals surface area (Å²) in [5.41, 5.74) is 3.51. The van der Waals surface area contributed by atoms with Gasteiger partial charge in [0.1, 0.15) is 17.5 Å². The molecule has 0 radical (unpaired) electrons. The third kappa shape index (κ3) is 2.10. The molecule has 0 atom stereocenters. The van der Waals surface area contributed by atoms with Gasteiger partial charge in [-0.3, -0.25) is 0 Å². The van der Waals surface area contributed by atoms with E-state index in [4.69, 9.17) is 0 Å². The maximum absolute atomic E-state index is 14.0. The van der Waals surface area contributed by atoms with E-state index in [2.05, 4.69) is 5.32 Å². The van der Waals surface area contributed by atoms with Gasteiger partial charge in [0.25, 0.3) is 0 Å². The molecule has 0 amide bonds. The molecule has 2 aromatic rings. The summed E-state index contributed by atoms with van der Waals surface area (Å²) in [6.45, 7) is 3.42. The molecule has 0 unspecified atom stereocenters. The van der Waals surface area contributed by atoms with Gasteiger partial charge in [0.2, 0.25) is 0 Å². The van der Waals surface area contributed by atoms with E-state index in [-0.39, 0.29) is 5.56 Å². The van der Waals surface area contributed by atoms with Gasteiger partial charge in [-0.2, -0.15) is 0 Å². The number of halogens is 3. The average molecular weight is 277 g/mol. The highest BCUT2D eigenvalue weighted by Gasteiger charge is 2.21. The fraction of sp³-hybridized carbons (Fsp3) is 0.250. The van der Waals surface area contributed by atoms with Crippen molar-refractivity contribution in [2.75, 3.05) is 6.54 Å². The molecule has 0 spiro atoms. The fourth-order valence-electron chi connectivity index (χ4n) is 2.82. The van der Waals surface area contributed by atoms with Crippen LogP contribution in [0.3, 0.4) is 0 Å². The SMILES string of the molecule is Cc1ccc(-c2c(F)cc(F)cc2F)c2c1CCNC2. The van der Waals surface area contributed by atoms with Gasteiger partial charge in [-0.15, -0.1) is 0 Å². The molecule has 1 aliphatic heterocycles. The lowest BCUT2D eigenvalue weighted by atomic mass is 9.88. The van der Waals surface area contributed by atoms with Gasteiger partial charge < -0.3 is 5.32 Å². The molecular formula is C16H14F3N. The van der Waals surface area contributed by atoms with Crippen LogP contribution in [-0.4, -0.2) is 6.54 Å². The molecule has 0 aromatic heterocycles. The molecule has 4 heteroatoms. The first kappa shape index (κ1) is 13.2. The molecule has 0 saturated heterocycles. The van der Waals surface area contributed by atoms with Gasteiger partial charge in [0.05, 0.1) is 5.56 Å². The molecule has 0 bridgehead atoms. The van der Waals surface area contributed by atoms with Crippen molar-refractivity contribution in [3.63, 3.8) is 0 Å². The van der Waals surface area contributed by atoms with Crippen LogP contribution in [0.5, 0.6) is 0 Å². The van der Waals surface area contributed by atoms with Crippen LogP contribution < -0.4 is 5.32 Å². The Morgan fingerprint density at radius 2 is 1.70 bits per heavy atom. The fourth-order valence-corrected chi connectivity index (χ4v) is 2.82. The number of hydrogen-bond acceptors (Lipinski definition) is 1. The van der Waals surface area contributed by atoms with Crippen LogP contribution >= 0.6 is 0 Å². The molecule has 20 heavy (non-hydrogen) atoms. The van der Waals surface area contributed by atoms with Crippen molar-refractivity contribution < 1.29 is 13.2 Å². The minimum absolute atomic E-state index is 0.147. The first-order valence-electron chi connectivity index (χ1n) is 6.55. The highest BCUT2D eigenvalue weighted by atomic mass is 19.1. The third-order valence-electron chi connectivity index (χ3n) is 3.80. The second-order valence-electron chi connectivity index (χ2n) is 5.06. The zero-order chi connectivity index (χ0) is 14.3. The topological polar surface area (TPSA) is 12.0 Å². The van der Waals surface area contributed by atoms with Gasteiger partial charge in [0, 0.05) is 18.7 Å². The lowest BCUT2D eigenvalue weighted by Crippen LogP contribution is -2.25. The first-order chi connectivity index (χ1) is 9.58. The predicted molar refractivity (Wildman–Crippen MR) is 71.9 cm³/mol. The van der Waals surface area contributed by atoms with Crippen molar-refractivity contribution in [3.8, 4) is 11.1 Å². The number of hydrogen-bond donors (Lipinski definition) is 1. The zero-order valence-electron chi connectivity index (χ0n) is 11.1. The molecule has 2 aromatic carbocycles. The van der Waals surface area contributed by atoms with E-state index in [0.29, 0.717) is 12.1 Å². The molecule has 0 saturated carbocycles. The highest BCUT2D eigenvalue weighted by Crippen LogP contribution is 2.34. The number of fused-ring (bicyclic) bond motifs is 1. The smallest absolute Gasteiger partial charge is 0.136 e. The van der Waals surface area contributed by atoms with Gasteiger partial charge in [-0.25, -0.2) is 13.2 Å². The molecule has 1 aliphatic rings. The summed E-state index contributed by atoms with van der Waals surface area (Å²) in [4.78, 5) is 0. The quantitative estimate of drug-likeness (QED) is 0.837. The van der Waals surface area contributed by atoms with Crippen molar-refractivity contribution in [2.45, 2.75) is 19.9 Å². The number of benzene rings is 2. The number of aryl methyl sites for hydroxylation is 1. The minimum atomic E-state index is -0.900. The standard InChI is InChI=1S/C16H14F3N/c1-9-2-3-12(13-8-20-5-4-11(9)13)16-14(18)6-10(17)7-15(16)19/h2-3,6-7,20H,4-5,8H2,1H3. The summed E-state index contributed by atoms with van der Waals surface area (Å²) < 4.78 is 41.0. The second kappa shape index (κ2) is 4.94. The average Bonchev–Trinajstić information content (AvgIpc) is 2.40. The van der Waals surface area contributed by atoms with Crippen LogP contribution in [0.15, 0.2) is 24.3 Å². The Morgan fingerprint density at radius 1 is 1.00 bits per heavy atom. The minimum Gasteiger partial charge on any atom is -0.312 e. The molecule has 104 valence electrons. The Balaban J connectivity index is 2.26. The van der Waals surface area contributed by atoms with Crippen molar-refractivity contribution in [1.29, 1.82) is 0 Å². The lowest BCUT2D eigenvalue weighted by Gasteiger charge is -2.23. The summed E-state index contributed by atoms with van der Waals surface area (Å²) in [6.07, 6.45) is 0.833. The first-order valence-corrected chi connectivity index (χ1v) is 6.55. The summed E-state index contributed by atoms with van der Waals surface area (Å²) in [5, 5.41) is 3.21. The number of rotatable bonds is 1. The lowest BCUT2D eigenvalue weighted by molar-refractivity contribution is 0.547. The van der Waals surface area contributed by atoms with Crippen LogP contribution in [0, 0.1) is 24.4 Å². The maximum Gasteiger partial charge on any atom is 0.136 e. The van der Waals surface area contributed by atoms with Gasteiger partial charge in [-0.05, 0) is 42.1 Å². The predicted octanol–water partition coefficient (Wildman–Crippen LogP) is 3.73. The highest BCUT2D eigenvalue weighted by molar-refractivity contribution is 5.71. The van der Waals surface area contributed by atoms with Crippen LogP contribution in [0.1, 0.15) is 16.7 Å². The van der Waals surface area contributed by atoms with Crippen LogP contribution in [0.4, 0.5) is 13.2 Å². The Hall–Kier alpha value is -1.81. The van der Waals surface area contributed by atoms with Gasteiger partial charge in [0.15, 0.2) is 0 Å². The third-order valence-corrected chi connectivity index (χ3v) is 3.80. The van der Waals surface area contributed by atoms with Crippen molar-refractivity contribution in [1.82, 2.24) is 5.32 Å². The van der Waals surface area contributed by atoms with Crippen LogP contribution in [0.25, 0.3) is 11.1 Å². The maximum atomic E-state index is 14.0. The number of nitrogens with one attached hydrogen (secondary N) is 1. The summed E-state index contributed by atoms with van der Waals surface area (Å²) in [7, 11) is 0. The molecule has 0 fully saturated rings. The van der Waals surface area contributed by atoms with E-state index < -0.39 is 17.5 Å². The Labute approximate surface area is 115 Å². The van der Waals surface area contributed by atoms with E-state index in [1.165, 1.54) is 0 Å². The van der Waals surface area contributed by atoms with E-state index in [0.717, 1.165) is 41.8 Å². The summed E-state index contributed by atoms with van der Waals surface area (Å²) in [6, 6.07) is 5.02. The molecule has 3 rings (SSSR count). The van der Waals surface area contributed by atoms with E-state index >= 15 is 0 Å². The van der Waals surface area contributed by atoms with Gasteiger partial charge in [-0.1, -0.05) is 12.1 Å². The summed E-state index contributed by atoms with van der Waals surface area (Å²) >= 11 is 0. The van der Waals surface area contributed by atoms with Crippen LogP contribution in [0.2, 0.25) is 0 Å². The molecule has 0 aliphatic carbocycles. The Morgan fingerprint density at radius 3 is 2.40 bits per heavy atom. The zero-order valence-corrected chi connectivity index (χ0v) is 11.1. The Kier molecular flexibility index (Phi) is 3.26. The molecule has 1 heterocycles. The van der Waals surface area contributed by atoms with Crippen molar-refractivity contribution >= 4 is 0 Å². The molecule has 1 nitrogen and oxygen atoms in total. The monoisotopic (exact) mass is 277 g/mol. The second-order valence-corrected chi connectivity index (χ2v) is 5.06. The molecule has 1 N–H and O–H groups in total. The molecular weight excluding hydrogens is 263 g/mol. The largest absolute Gasteiger partial charge is 0.312 e. The van der Waals surface area contributed by atoms with E-state index in [9.17, 15) is 13.2 Å². The van der Waals surface area contributed by atoms with Crippen molar-refractivity contribution in [3.05, 3.63) is 58.4 Å². The van der Waals surface area contributed by atoms with E-state index in [1.54, 1.807) is 6.07 Å². The van der Waals surface area contributed by atoms with Crippen molar-refractivity contribution in [2.24, 2.45) is 0 Å². The van der Waals surface area contributed by atoms with Crippen LogP contribution in [-0.2, 0) is 13.0 Å². The normalized spacial score (nSPS) is 14.2. The van der Waals surface area contributed by atoms with E-state index in [1.807, 2.05) is 13.0 Å². The Bertz CT molecular complexity index is 657. The summed E-state index contributed by atoms with van der Waals surface area (Å²) in [5.74, 6) is -2.62.